The van der Waals surface area contributed by atoms with Crippen molar-refractivity contribution in [2.45, 2.75) is 12.8 Å². The molecule has 6 nitrogen and oxygen atoms in total. The van der Waals surface area contributed by atoms with Crippen LogP contribution in [-0.4, -0.2) is 46.5 Å². The normalized spacial score (nSPS) is 16.3. The molecule has 2 amide bonds. The molecule has 4 aromatic rings. The fourth-order valence-corrected chi connectivity index (χ4v) is 4.97. The van der Waals surface area contributed by atoms with Crippen LogP contribution in [0.5, 0.6) is 0 Å². The molecule has 35 heavy (non-hydrogen) atoms. The van der Waals surface area contributed by atoms with Crippen LogP contribution in [0.3, 0.4) is 0 Å². The summed E-state index contributed by atoms with van der Waals surface area (Å²) in [5, 5.41) is 11.1. The molecule has 0 unspecified atom stereocenters. The van der Waals surface area contributed by atoms with Crippen molar-refractivity contribution in [2.24, 2.45) is 5.41 Å². The lowest BCUT2D eigenvalue weighted by atomic mass is 9.72. The molecule has 0 aliphatic carbocycles. The first-order valence-electron chi connectivity index (χ1n) is 11.9. The number of likely N-dealkylation sites (tertiary alicyclic amines) is 1. The molecule has 3 aromatic carbocycles. The van der Waals surface area contributed by atoms with Gasteiger partial charge in [0.1, 0.15) is 5.69 Å². The molecule has 2 fully saturated rings. The second kappa shape index (κ2) is 8.44. The number of aromatic nitrogens is 2. The summed E-state index contributed by atoms with van der Waals surface area (Å²) in [6.45, 7) is 1.92. The van der Waals surface area contributed by atoms with Crippen LogP contribution in [0, 0.1) is 17.3 Å². The van der Waals surface area contributed by atoms with E-state index in [4.69, 9.17) is 0 Å². The lowest BCUT2D eigenvalue weighted by molar-refractivity contribution is -0.143. The first kappa shape index (κ1) is 21.2. The number of amides is 2. The van der Waals surface area contributed by atoms with Gasteiger partial charge in [-0.3, -0.25) is 14.7 Å². The van der Waals surface area contributed by atoms with Crippen LogP contribution in [0.1, 0.15) is 34.5 Å². The van der Waals surface area contributed by atoms with Gasteiger partial charge in [-0.15, -0.1) is 0 Å². The zero-order chi connectivity index (χ0) is 23.8. The van der Waals surface area contributed by atoms with Gasteiger partial charge in [0.05, 0.1) is 10.9 Å². The molecule has 2 N–H and O–H groups in total. The molecule has 6 heteroatoms. The molecular formula is C29H24N4O2. The third-order valence-corrected chi connectivity index (χ3v) is 7.21. The van der Waals surface area contributed by atoms with E-state index < -0.39 is 0 Å². The Morgan fingerprint density at radius 2 is 1.71 bits per heavy atom. The van der Waals surface area contributed by atoms with Gasteiger partial charge in [-0.2, -0.15) is 5.10 Å². The van der Waals surface area contributed by atoms with Gasteiger partial charge in [-0.05, 0) is 54.2 Å². The predicted octanol–water partition coefficient (Wildman–Crippen LogP) is 3.98. The number of H-pyrrole nitrogens is 1. The Morgan fingerprint density at radius 1 is 0.943 bits per heavy atom. The molecule has 3 heterocycles. The van der Waals surface area contributed by atoms with E-state index in [9.17, 15) is 9.59 Å². The summed E-state index contributed by atoms with van der Waals surface area (Å²) in [6, 6.07) is 23.8. The minimum atomic E-state index is -0.260. The average Bonchev–Trinajstić information content (AvgIpc) is 3.33. The SMILES string of the molecule is O=C(c1ccc2[nH]nc(C#Cc3ccccc3-c3ccccc3)c2c1)N1CCC2(CC1)CNC2=O. The monoisotopic (exact) mass is 460 g/mol. The highest BCUT2D eigenvalue weighted by Crippen LogP contribution is 2.36. The smallest absolute Gasteiger partial charge is 0.253 e. The zero-order valence-corrected chi connectivity index (χ0v) is 19.2. The summed E-state index contributed by atoms with van der Waals surface area (Å²) in [5.41, 5.74) is 4.90. The average molecular weight is 461 g/mol. The van der Waals surface area contributed by atoms with Crippen molar-refractivity contribution < 1.29 is 9.59 Å². The van der Waals surface area contributed by atoms with E-state index in [-0.39, 0.29) is 17.2 Å². The standard InChI is InChI=1S/C29H24N4O2/c34-27(33-16-14-29(15-17-33)19-30-28(29)35)22-11-13-26-24(18-22)25(31-32-26)12-10-21-8-4-5-9-23(21)20-6-2-1-3-7-20/h1-9,11,13,18H,14-17,19H2,(H,30,35)(H,31,32). The van der Waals surface area contributed by atoms with E-state index in [1.165, 1.54) is 0 Å². The lowest BCUT2D eigenvalue weighted by Gasteiger charge is -2.46. The largest absolute Gasteiger partial charge is 0.354 e. The number of piperidine rings is 1. The first-order valence-corrected chi connectivity index (χ1v) is 11.9. The molecule has 0 bridgehead atoms. The Bertz CT molecular complexity index is 1500. The van der Waals surface area contributed by atoms with Gasteiger partial charge in [0.25, 0.3) is 5.91 Å². The second-order valence-corrected chi connectivity index (χ2v) is 9.25. The zero-order valence-electron chi connectivity index (χ0n) is 19.2. The van der Waals surface area contributed by atoms with Crippen molar-refractivity contribution in [3.8, 4) is 23.0 Å². The maximum atomic E-state index is 13.2. The fourth-order valence-electron chi connectivity index (χ4n) is 4.97. The quantitative estimate of drug-likeness (QED) is 0.351. The number of hydrogen-bond donors (Lipinski definition) is 2. The van der Waals surface area contributed by atoms with E-state index in [1.807, 2.05) is 59.5 Å². The molecule has 2 aliphatic rings. The molecular weight excluding hydrogens is 436 g/mol. The third-order valence-electron chi connectivity index (χ3n) is 7.21. The van der Waals surface area contributed by atoms with Crippen molar-refractivity contribution in [2.75, 3.05) is 19.6 Å². The van der Waals surface area contributed by atoms with Gasteiger partial charge in [-0.1, -0.05) is 54.5 Å². The topological polar surface area (TPSA) is 78.1 Å². The maximum absolute atomic E-state index is 13.2. The molecule has 1 spiro atoms. The van der Waals surface area contributed by atoms with Crippen LogP contribution < -0.4 is 5.32 Å². The lowest BCUT2D eigenvalue weighted by Crippen LogP contribution is -2.63. The summed E-state index contributed by atoms with van der Waals surface area (Å²) < 4.78 is 0. The Labute approximate surface area is 203 Å². The van der Waals surface area contributed by atoms with Crippen LogP contribution in [0.25, 0.3) is 22.0 Å². The molecule has 0 radical (unpaired) electrons. The van der Waals surface area contributed by atoms with Crippen molar-refractivity contribution in [1.82, 2.24) is 20.4 Å². The number of nitrogens with one attached hydrogen (secondary N) is 2. The highest BCUT2D eigenvalue weighted by molar-refractivity contribution is 5.99. The molecule has 0 saturated carbocycles. The van der Waals surface area contributed by atoms with E-state index in [1.54, 1.807) is 0 Å². The summed E-state index contributed by atoms with van der Waals surface area (Å²) in [4.78, 5) is 27.0. The van der Waals surface area contributed by atoms with Crippen LogP contribution in [-0.2, 0) is 4.79 Å². The van der Waals surface area contributed by atoms with Gasteiger partial charge < -0.3 is 10.2 Å². The minimum absolute atomic E-state index is 0.0176. The number of carbonyl (C=O) groups is 2. The first-order chi connectivity index (χ1) is 17.1. The van der Waals surface area contributed by atoms with Crippen LogP contribution in [0.4, 0.5) is 0 Å². The summed E-state index contributed by atoms with van der Waals surface area (Å²) >= 11 is 0. The van der Waals surface area contributed by atoms with E-state index >= 15 is 0 Å². The van der Waals surface area contributed by atoms with Crippen molar-refractivity contribution in [3.05, 3.63) is 89.6 Å². The number of carbonyl (C=O) groups excluding carboxylic acids is 2. The van der Waals surface area contributed by atoms with Crippen molar-refractivity contribution >= 4 is 22.7 Å². The number of nitrogens with zero attached hydrogens (tertiary/aromatic N) is 2. The summed E-state index contributed by atoms with van der Waals surface area (Å²) in [5.74, 6) is 6.60. The van der Waals surface area contributed by atoms with Crippen LogP contribution in [0.2, 0.25) is 0 Å². The van der Waals surface area contributed by atoms with Crippen LogP contribution in [0.15, 0.2) is 72.8 Å². The van der Waals surface area contributed by atoms with Crippen molar-refractivity contribution in [1.29, 1.82) is 0 Å². The minimum Gasteiger partial charge on any atom is -0.354 e. The maximum Gasteiger partial charge on any atom is 0.253 e. The number of fused-ring (bicyclic) bond motifs is 1. The molecule has 6 rings (SSSR count). The highest BCUT2D eigenvalue weighted by Gasteiger charge is 2.48. The number of rotatable bonds is 2. The number of β-lactam (4-membered cyclic amide) rings is 1. The fraction of sp³-hybridized carbons (Fsp3) is 0.207. The summed E-state index contributed by atoms with van der Waals surface area (Å²) in [7, 11) is 0. The number of hydrogen-bond acceptors (Lipinski definition) is 3. The van der Waals surface area contributed by atoms with Crippen LogP contribution >= 0.6 is 0 Å². The molecule has 1 aromatic heterocycles. The molecule has 2 saturated heterocycles. The van der Waals surface area contributed by atoms with Gasteiger partial charge >= 0.3 is 0 Å². The van der Waals surface area contributed by atoms with E-state index in [0.29, 0.717) is 24.3 Å². The Hall–Kier alpha value is -4.37. The summed E-state index contributed by atoms with van der Waals surface area (Å²) in [6.07, 6.45) is 1.44. The highest BCUT2D eigenvalue weighted by atomic mass is 16.2. The number of aromatic amines is 1. The third kappa shape index (κ3) is 3.75. The predicted molar refractivity (Wildman–Crippen MR) is 135 cm³/mol. The Kier molecular flexibility index (Phi) is 5.11. The second-order valence-electron chi connectivity index (χ2n) is 9.25. The van der Waals surface area contributed by atoms with Gasteiger partial charge in [0, 0.05) is 36.1 Å². The van der Waals surface area contributed by atoms with Gasteiger partial charge in [-0.25, -0.2) is 0 Å². The Balaban J connectivity index is 1.27. The van der Waals surface area contributed by atoms with Gasteiger partial charge in [0.15, 0.2) is 0 Å². The van der Waals surface area contributed by atoms with Crippen molar-refractivity contribution in [3.63, 3.8) is 0 Å². The molecule has 0 atom stereocenters. The van der Waals surface area contributed by atoms with E-state index in [0.717, 1.165) is 47.0 Å². The Morgan fingerprint density at radius 3 is 2.46 bits per heavy atom. The molecule has 2 aliphatic heterocycles. The van der Waals surface area contributed by atoms with E-state index in [2.05, 4.69) is 45.6 Å². The van der Waals surface area contributed by atoms with Gasteiger partial charge in [0.2, 0.25) is 5.91 Å². The molecule has 172 valence electrons. The number of benzene rings is 3.